The molecule has 6 nitrogen and oxygen atoms in total. The summed E-state index contributed by atoms with van der Waals surface area (Å²) in [6.45, 7) is 2.81. The number of rotatable bonds is 6. The lowest BCUT2D eigenvalue weighted by molar-refractivity contribution is 0.0726. The van der Waals surface area contributed by atoms with Crippen LogP contribution in [0.15, 0.2) is 24.3 Å². The third-order valence-corrected chi connectivity index (χ3v) is 7.57. The van der Waals surface area contributed by atoms with Gasteiger partial charge in [0, 0.05) is 41.0 Å². The Morgan fingerprint density at radius 1 is 1.39 bits per heavy atom. The van der Waals surface area contributed by atoms with Crippen molar-refractivity contribution in [3.8, 4) is 0 Å². The largest absolute Gasteiger partial charge is 0.399 e. The summed E-state index contributed by atoms with van der Waals surface area (Å²) in [7, 11) is -1.90. The number of anilines is 1. The number of aromatic amines is 1. The summed E-state index contributed by atoms with van der Waals surface area (Å²) < 4.78 is 12.1. The Balaban J connectivity index is 1.74. The van der Waals surface area contributed by atoms with Crippen LogP contribution >= 0.6 is 11.6 Å². The number of benzene rings is 1. The maximum absolute atomic E-state index is 13.0. The Morgan fingerprint density at radius 2 is 2.11 bits per heavy atom. The first kappa shape index (κ1) is 20.7. The van der Waals surface area contributed by atoms with Crippen LogP contribution in [0.25, 0.3) is 0 Å². The van der Waals surface area contributed by atoms with Crippen LogP contribution in [0, 0.1) is 12.8 Å². The second-order valence-corrected chi connectivity index (χ2v) is 10.8. The molecule has 8 heteroatoms. The van der Waals surface area contributed by atoms with Crippen molar-refractivity contribution in [3.63, 3.8) is 0 Å². The molecule has 2 aromatic rings. The zero-order valence-corrected chi connectivity index (χ0v) is 17.7. The van der Waals surface area contributed by atoms with E-state index in [0.29, 0.717) is 46.9 Å². The molecule has 1 amide bonds. The molecule has 152 valence electrons. The SMILES string of the molecule is C=S1(=O)CCC(CCN(Cc2cc(N)ccc2Cl)C(=O)c2cc(C)[nH]n2)CC1. The van der Waals surface area contributed by atoms with Gasteiger partial charge >= 0.3 is 0 Å². The van der Waals surface area contributed by atoms with Crippen LogP contribution in [0.3, 0.4) is 0 Å². The van der Waals surface area contributed by atoms with Gasteiger partial charge in [-0.3, -0.25) is 14.1 Å². The second kappa shape index (κ2) is 8.57. The molecule has 0 aliphatic carbocycles. The summed E-state index contributed by atoms with van der Waals surface area (Å²) in [5.41, 5.74) is 8.55. The van der Waals surface area contributed by atoms with Crippen LogP contribution in [-0.2, 0) is 16.1 Å². The van der Waals surface area contributed by atoms with E-state index in [1.165, 1.54) is 0 Å². The molecule has 0 spiro atoms. The zero-order chi connectivity index (χ0) is 20.3. The van der Waals surface area contributed by atoms with Crippen LogP contribution in [0.5, 0.6) is 0 Å². The van der Waals surface area contributed by atoms with Gasteiger partial charge in [0.15, 0.2) is 0 Å². The van der Waals surface area contributed by atoms with Crippen LogP contribution in [0.2, 0.25) is 5.02 Å². The summed E-state index contributed by atoms with van der Waals surface area (Å²) in [5, 5.41) is 7.52. The quantitative estimate of drug-likeness (QED) is 0.552. The number of nitrogens with two attached hydrogens (primary N) is 1. The lowest BCUT2D eigenvalue weighted by Gasteiger charge is -2.28. The highest BCUT2D eigenvalue weighted by atomic mass is 35.5. The topological polar surface area (TPSA) is 92.1 Å². The molecule has 0 unspecified atom stereocenters. The summed E-state index contributed by atoms with van der Waals surface area (Å²) in [4.78, 5) is 14.8. The number of hydrogen-bond donors (Lipinski definition) is 2. The van der Waals surface area contributed by atoms with E-state index in [4.69, 9.17) is 17.3 Å². The number of nitrogen functional groups attached to an aromatic ring is 1. The average Bonchev–Trinajstić information content (AvgIpc) is 3.08. The summed E-state index contributed by atoms with van der Waals surface area (Å²) in [6.07, 6.45) is 2.64. The van der Waals surface area contributed by atoms with Gasteiger partial charge in [-0.2, -0.15) is 5.10 Å². The van der Waals surface area contributed by atoms with Crippen LogP contribution < -0.4 is 5.73 Å². The van der Waals surface area contributed by atoms with Crippen molar-refractivity contribution >= 4 is 38.6 Å². The molecule has 1 fully saturated rings. The van der Waals surface area contributed by atoms with Gasteiger partial charge in [-0.1, -0.05) is 11.6 Å². The first-order valence-electron chi connectivity index (χ1n) is 9.41. The highest BCUT2D eigenvalue weighted by molar-refractivity contribution is 8.00. The van der Waals surface area contributed by atoms with Crippen molar-refractivity contribution in [3.05, 3.63) is 46.2 Å². The highest BCUT2D eigenvalue weighted by Gasteiger charge is 2.24. The van der Waals surface area contributed by atoms with Gasteiger partial charge in [-0.15, -0.1) is 0 Å². The van der Waals surface area contributed by atoms with Crippen molar-refractivity contribution in [2.75, 3.05) is 23.8 Å². The van der Waals surface area contributed by atoms with Crippen LogP contribution in [-0.4, -0.2) is 49.1 Å². The number of hydrogen-bond acceptors (Lipinski definition) is 4. The van der Waals surface area contributed by atoms with E-state index in [1.807, 2.05) is 6.92 Å². The molecular formula is C20H27ClN4O2S. The summed E-state index contributed by atoms with van der Waals surface area (Å²) >= 11 is 6.32. The number of aryl methyl sites for hydroxylation is 1. The number of carbonyl (C=O) groups excluding carboxylic acids is 1. The smallest absolute Gasteiger partial charge is 0.274 e. The van der Waals surface area contributed by atoms with E-state index in [2.05, 4.69) is 16.1 Å². The number of nitrogens with one attached hydrogen (secondary N) is 1. The predicted octanol–water partition coefficient (Wildman–Crippen LogP) is 3.11. The monoisotopic (exact) mass is 422 g/mol. The molecule has 28 heavy (non-hydrogen) atoms. The Labute approximate surface area is 171 Å². The van der Waals surface area contributed by atoms with Gasteiger partial charge < -0.3 is 10.6 Å². The van der Waals surface area contributed by atoms with Gasteiger partial charge in [0.25, 0.3) is 5.91 Å². The summed E-state index contributed by atoms with van der Waals surface area (Å²) in [6, 6.07) is 7.04. The fraction of sp³-hybridized carbons (Fsp3) is 0.450. The molecule has 1 aromatic carbocycles. The van der Waals surface area contributed by atoms with Crippen LogP contribution in [0.1, 0.15) is 41.0 Å². The molecule has 2 heterocycles. The minimum atomic E-state index is -1.90. The molecule has 1 aromatic heterocycles. The number of amides is 1. The van der Waals surface area contributed by atoms with Crippen LogP contribution in [0.4, 0.5) is 5.69 Å². The molecule has 1 aliphatic rings. The number of halogens is 1. The number of carbonyl (C=O) groups is 1. The van der Waals surface area contributed by atoms with Gasteiger partial charge in [0.2, 0.25) is 0 Å². The minimum absolute atomic E-state index is 0.139. The number of H-pyrrole nitrogens is 1. The molecule has 1 aliphatic heterocycles. The first-order chi connectivity index (χ1) is 13.2. The predicted molar refractivity (Wildman–Crippen MR) is 116 cm³/mol. The van der Waals surface area contributed by atoms with E-state index in [-0.39, 0.29) is 5.91 Å². The van der Waals surface area contributed by atoms with E-state index in [9.17, 15) is 9.00 Å². The van der Waals surface area contributed by atoms with Crippen molar-refractivity contribution < 1.29 is 9.00 Å². The number of aromatic nitrogens is 2. The van der Waals surface area contributed by atoms with Gasteiger partial charge in [-0.05, 0) is 77.3 Å². The van der Waals surface area contributed by atoms with Crippen molar-refractivity contribution in [2.45, 2.75) is 32.7 Å². The fourth-order valence-corrected chi connectivity index (χ4v) is 5.41. The maximum Gasteiger partial charge on any atom is 0.274 e. The Kier molecular flexibility index (Phi) is 6.35. The Bertz CT molecular complexity index is 941. The molecule has 0 saturated carbocycles. The lowest BCUT2D eigenvalue weighted by atomic mass is 9.98. The first-order valence-corrected chi connectivity index (χ1v) is 11.9. The van der Waals surface area contributed by atoms with Crippen molar-refractivity contribution in [1.82, 2.24) is 15.1 Å². The van der Waals surface area contributed by atoms with E-state index >= 15 is 0 Å². The maximum atomic E-state index is 13.0. The van der Waals surface area contributed by atoms with Crippen molar-refractivity contribution in [2.24, 2.45) is 5.92 Å². The molecule has 0 bridgehead atoms. The Hall–Kier alpha value is -1.99. The third-order valence-electron chi connectivity index (χ3n) is 5.25. The molecule has 3 N–H and O–H groups in total. The highest BCUT2D eigenvalue weighted by Crippen LogP contribution is 2.25. The van der Waals surface area contributed by atoms with E-state index in [0.717, 1.165) is 30.5 Å². The van der Waals surface area contributed by atoms with Gasteiger partial charge in [0.05, 0.1) is 0 Å². The lowest BCUT2D eigenvalue weighted by Crippen LogP contribution is -2.34. The van der Waals surface area contributed by atoms with Crippen molar-refractivity contribution in [1.29, 1.82) is 0 Å². The molecule has 3 rings (SSSR count). The summed E-state index contributed by atoms with van der Waals surface area (Å²) in [5.74, 6) is 5.48. The normalized spacial score (nSPS) is 22.1. The number of nitrogens with zero attached hydrogens (tertiary/aromatic N) is 2. The molecular weight excluding hydrogens is 396 g/mol. The van der Waals surface area contributed by atoms with E-state index in [1.54, 1.807) is 29.2 Å². The Morgan fingerprint density at radius 3 is 2.75 bits per heavy atom. The molecule has 0 atom stereocenters. The standard InChI is InChI=1S/C20H27ClN4O2S/c1-14-11-19(24-23-14)20(26)25(13-16-12-17(22)3-4-18(16)21)8-5-15-6-9-28(2,27)10-7-15/h3-4,11-12,15H,2,5-10,13,22H2,1H3,(H,23,24). The molecule has 1 saturated heterocycles. The second-order valence-electron chi connectivity index (χ2n) is 7.62. The molecule has 0 radical (unpaired) electrons. The minimum Gasteiger partial charge on any atom is -0.399 e. The third kappa shape index (κ3) is 5.29. The van der Waals surface area contributed by atoms with E-state index < -0.39 is 9.52 Å². The average molecular weight is 423 g/mol. The van der Waals surface area contributed by atoms with Gasteiger partial charge in [-0.25, -0.2) is 0 Å². The van der Waals surface area contributed by atoms with Gasteiger partial charge in [0.1, 0.15) is 5.69 Å². The zero-order valence-electron chi connectivity index (χ0n) is 16.1. The fourth-order valence-electron chi connectivity index (χ4n) is 3.50.